The van der Waals surface area contributed by atoms with Gasteiger partial charge < -0.3 is 4.42 Å². The summed E-state index contributed by atoms with van der Waals surface area (Å²) in [6, 6.07) is 0. The summed E-state index contributed by atoms with van der Waals surface area (Å²) in [6.07, 6.45) is 0. The van der Waals surface area contributed by atoms with Crippen LogP contribution in [0.4, 0.5) is 0 Å². The molecule has 0 N–H and O–H groups in total. The maximum atomic E-state index is 5.91. The molecular formula is C15H21NO. The van der Waals surface area contributed by atoms with Crippen molar-refractivity contribution in [1.29, 1.82) is 0 Å². The summed E-state index contributed by atoms with van der Waals surface area (Å²) >= 11 is 0. The van der Waals surface area contributed by atoms with Gasteiger partial charge in [-0.2, -0.15) is 0 Å². The third-order valence-electron chi connectivity index (χ3n) is 3.50. The van der Waals surface area contributed by atoms with Crippen LogP contribution in [0.5, 0.6) is 0 Å². The van der Waals surface area contributed by atoms with E-state index in [1.807, 2.05) is 6.92 Å². The monoisotopic (exact) mass is 231 g/mol. The van der Waals surface area contributed by atoms with E-state index in [1.54, 1.807) is 0 Å². The van der Waals surface area contributed by atoms with E-state index in [-0.39, 0.29) is 5.41 Å². The second-order valence-corrected chi connectivity index (χ2v) is 5.91. The van der Waals surface area contributed by atoms with E-state index < -0.39 is 0 Å². The summed E-state index contributed by atoms with van der Waals surface area (Å²) < 4.78 is 5.91. The quantitative estimate of drug-likeness (QED) is 0.673. The van der Waals surface area contributed by atoms with Crippen molar-refractivity contribution in [3.8, 4) is 0 Å². The molecule has 0 saturated heterocycles. The Morgan fingerprint density at radius 3 is 2.06 bits per heavy atom. The van der Waals surface area contributed by atoms with Gasteiger partial charge in [0.15, 0.2) is 0 Å². The number of fused-ring (bicyclic) bond motifs is 1. The number of aromatic nitrogens is 1. The molecule has 2 nitrogen and oxygen atoms in total. The Morgan fingerprint density at radius 2 is 1.53 bits per heavy atom. The van der Waals surface area contributed by atoms with Crippen LogP contribution >= 0.6 is 0 Å². The maximum absolute atomic E-state index is 5.91. The van der Waals surface area contributed by atoms with E-state index in [1.165, 1.54) is 10.9 Å². The third kappa shape index (κ3) is 1.76. The molecule has 0 radical (unpaired) electrons. The SMILES string of the molecule is Cc1nc(C(C)(C)C)c2c(C)c(C)oc2c1C. The molecule has 0 spiro atoms. The number of pyridine rings is 1. The number of hydrogen-bond donors (Lipinski definition) is 0. The van der Waals surface area contributed by atoms with E-state index in [0.717, 1.165) is 28.3 Å². The van der Waals surface area contributed by atoms with Crippen LogP contribution in [0, 0.1) is 27.7 Å². The van der Waals surface area contributed by atoms with Crippen LogP contribution < -0.4 is 0 Å². The fourth-order valence-electron chi connectivity index (χ4n) is 2.19. The van der Waals surface area contributed by atoms with Crippen LogP contribution in [0.1, 0.15) is 49.0 Å². The molecule has 2 rings (SSSR count). The summed E-state index contributed by atoms with van der Waals surface area (Å²) in [6.45, 7) is 14.9. The molecule has 2 aromatic heterocycles. The van der Waals surface area contributed by atoms with Gasteiger partial charge in [-0.15, -0.1) is 0 Å². The Bertz CT molecular complexity index is 585. The van der Waals surface area contributed by atoms with Crippen molar-refractivity contribution in [2.45, 2.75) is 53.9 Å². The molecule has 17 heavy (non-hydrogen) atoms. The molecule has 0 saturated carbocycles. The highest BCUT2D eigenvalue weighted by Crippen LogP contribution is 2.36. The molecule has 0 aliphatic carbocycles. The number of nitrogens with zero attached hydrogens (tertiary/aromatic N) is 1. The van der Waals surface area contributed by atoms with Gasteiger partial charge in [0, 0.05) is 22.1 Å². The first-order valence-electron chi connectivity index (χ1n) is 6.11. The largest absolute Gasteiger partial charge is 0.461 e. The van der Waals surface area contributed by atoms with E-state index in [2.05, 4.69) is 41.5 Å². The van der Waals surface area contributed by atoms with Gasteiger partial charge in [-0.3, -0.25) is 4.98 Å². The Balaban J connectivity index is 2.99. The topological polar surface area (TPSA) is 26.0 Å². The zero-order valence-electron chi connectivity index (χ0n) is 11.9. The lowest BCUT2D eigenvalue weighted by atomic mass is 9.87. The smallest absolute Gasteiger partial charge is 0.141 e. The van der Waals surface area contributed by atoms with Gasteiger partial charge >= 0.3 is 0 Å². The lowest BCUT2D eigenvalue weighted by Gasteiger charge is -2.20. The predicted octanol–water partition coefficient (Wildman–Crippen LogP) is 4.36. The minimum absolute atomic E-state index is 0.0395. The average Bonchev–Trinajstić information content (AvgIpc) is 2.49. The van der Waals surface area contributed by atoms with Gasteiger partial charge in [0.1, 0.15) is 11.3 Å². The summed E-state index contributed by atoms with van der Waals surface area (Å²) in [4.78, 5) is 4.79. The predicted molar refractivity (Wildman–Crippen MR) is 71.7 cm³/mol. The number of hydrogen-bond acceptors (Lipinski definition) is 2. The van der Waals surface area contributed by atoms with Gasteiger partial charge in [0.05, 0.1) is 5.69 Å². The Kier molecular flexibility index (Phi) is 2.57. The van der Waals surface area contributed by atoms with Crippen LogP contribution in [0.3, 0.4) is 0 Å². The van der Waals surface area contributed by atoms with Crippen LogP contribution in [0.2, 0.25) is 0 Å². The zero-order chi connectivity index (χ0) is 13.0. The third-order valence-corrected chi connectivity index (χ3v) is 3.50. The first kappa shape index (κ1) is 12.2. The summed E-state index contributed by atoms with van der Waals surface area (Å²) in [5.74, 6) is 1.00. The molecular weight excluding hydrogens is 210 g/mol. The van der Waals surface area contributed by atoms with Gasteiger partial charge in [-0.25, -0.2) is 0 Å². The molecule has 0 fully saturated rings. The average molecular weight is 231 g/mol. The van der Waals surface area contributed by atoms with Gasteiger partial charge in [-0.1, -0.05) is 20.8 Å². The minimum Gasteiger partial charge on any atom is -0.461 e. The van der Waals surface area contributed by atoms with Crippen molar-refractivity contribution >= 4 is 11.0 Å². The zero-order valence-corrected chi connectivity index (χ0v) is 11.9. The Labute approximate surface area is 103 Å². The van der Waals surface area contributed by atoms with E-state index in [4.69, 9.17) is 9.40 Å². The first-order valence-corrected chi connectivity index (χ1v) is 6.11. The van der Waals surface area contributed by atoms with Crippen LogP contribution in [-0.4, -0.2) is 4.98 Å². The molecule has 0 aromatic carbocycles. The van der Waals surface area contributed by atoms with Crippen molar-refractivity contribution in [2.24, 2.45) is 0 Å². The number of rotatable bonds is 0. The van der Waals surface area contributed by atoms with Crippen LogP contribution in [-0.2, 0) is 5.41 Å². The van der Waals surface area contributed by atoms with Crippen molar-refractivity contribution in [1.82, 2.24) is 4.98 Å². The fourth-order valence-corrected chi connectivity index (χ4v) is 2.19. The molecule has 2 aromatic rings. The molecule has 0 amide bonds. The van der Waals surface area contributed by atoms with Crippen molar-refractivity contribution < 1.29 is 4.42 Å². The number of aryl methyl sites for hydroxylation is 4. The first-order chi connectivity index (χ1) is 7.73. The van der Waals surface area contributed by atoms with E-state index >= 15 is 0 Å². The highest BCUT2D eigenvalue weighted by molar-refractivity contribution is 5.88. The highest BCUT2D eigenvalue weighted by Gasteiger charge is 2.24. The van der Waals surface area contributed by atoms with E-state index in [0.29, 0.717) is 0 Å². The molecule has 0 bridgehead atoms. The van der Waals surface area contributed by atoms with Gasteiger partial charge in [0.2, 0.25) is 0 Å². The fraction of sp³-hybridized carbons (Fsp3) is 0.533. The Hall–Kier alpha value is -1.31. The van der Waals surface area contributed by atoms with Gasteiger partial charge in [0.25, 0.3) is 0 Å². The molecule has 0 atom stereocenters. The van der Waals surface area contributed by atoms with Crippen molar-refractivity contribution in [3.05, 3.63) is 28.3 Å². The molecule has 0 aliphatic heterocycles. The lowest BCUT2D eigenvalue weighted by molar-refractivity contribution is 0.562. The van der Waals surface area contributed by atoms with Crippen LogP contribution in [0.15, 0.2) is 4.42 Å². The molecule has 0 unspecified atom stereocenters. The summed E-state index contributed by atoms with van der Waals surface area (Å²) in [5.41, 5.74) is 5.64. The van der Waals surface area contributed by atoms with Crippen LogP contribution in [0.25, 0.3) is 11.0 Å². The molecule has 2 heteroatoms. The standard InChI is InChI=1S/C15H21NO/c1-8-10(3)16-14(15(5,6)7)12-9(2)11(4)17-13(8)12/h1-7H3. The summed E-state index contributed by atoms with van der Waals surface area (Å²) in [7, 11) is 0. The normalized spacial score (nSPS) is 12.4. The van der Waals surface area contributed by atoms with Crippen molar-refractivity contribution in [2.75, 3.05) is 0 Å². The second kappa shape index (κ2) is 3.59. The summed E-state index contributed by atoms with van der Waals surface area (Å²) in [5, 5.41) is 1.21. The number of furan rings is 1. The van der Waals surface area contributed by atoms with E-state index in [9.17, 15) is 0 Å². The van der Waals surface area contributed by atoms with Gasteiger partial charge in [-0.05, 0) is 33.3 Å². The highest BCUT2D eigenvalue weighted by atomic mass is 16.3. The van der Waals surface area contributed by atoms with Crippen molar-refractivity contribution in [3.63, 3.8) is 0 Å². The molecule has 92 valence electrons. The molecule has 0 aliphatic rings. The Morgan fingerprint density at radius 1 is 0.941 bits per heavy atom. The molecule has 2 heterocycles. The second-order valence-electron chi connectivity index (χ2n) is 5.91. The minimum atomic E-state index is 0.0395. The lowest BCUT2D eigenvalue weighted by Crippen LogP contribution is -2.15. The maximum Gasteiger partial charge on any atom is 0.141 e.